The fraction of sp³-hybridized carbons (Fsp3) is 0.846. The highest BCUT2D eigenvalue weighted by Crippen LogP contribution is 2.43. The number of nitrogens with zero attached hydrogens (tertiary/aromatic N) is 1. The molecule has 0 saturated heterocycles. The number of phosphoric ester groups is 1. The Bertz CT molecular complexity index is 327. The topological polar surface area (TPSA) is 65.0 Å². The van der Waals surface area contributed by atoms with Gasteiger partial charge in [0.2, 0.25) is 0 Å². The lowest BCUT2D eigenvalue weighted by atomic mass is 10.2. The Morgan fingerprint density at radius 1 is 1.30 bits per heavy atom. The summed E-state index contributed by atoms with van der Waals surface area (Å²) in [6, 6.07) is 0.0570. The molecule has 0 aliphatic rings. The van der Waals surface area contributed by atoms with Crippen molar-refractivity contribution in [1.29, 1.82) is 0 Å². The van der Waals surface area contributed by atoms with Crippen LogP contribution in [0.1, 0.15) is 20.3 Å². The summed E-state index contributed by atoms with van der Waals surface area (Å²) in [5.41, 5.74) is 0. The molecule has 2 unspecified atom stereocenters. The van der Waals surface area contributed by atoms with Crippen molar-refractivity contribution in [3.63, 3.8) is 0 Å². The number of hydrogen-bond donors (Lipinski definition) is 1. The molecule has 0 aromatic heterocycles. The molecule has 120 valence electrons. The Morgan fingerprint density at radius 2 is 1.95 bits per heavy atom. The van der Waals surface area contributed by atoms with Crippen molar-refractivity contribution in [2.45, 2.75) is 26.3 Å². The number of rotatable bonds is 11. The van der Waals surface area contributed by atoms with Crippen LogP contribution in [0.3, 0.4) is 0 Å². The van der Waals surface area contributed by atoms with E-state index in [1.54, 1.807) is 6.92 Å². The van der Waals surface area contributed by atoms with Gasteiger partial charge in [0.25, 0.3) is 0 Å². The zero-order valence-corrected chi connectivity index (χ0v) is 14.1. The first-order chi connectivity index (χ1) is 9.23. The average Bonchev–Trinajstić information content (AvgIpc) is 2.30. The molecule has 6 nitrogen and oxygen atoms in total. The van der Waals surface area contributed by atoms with Crippen molar-refractivity contribution in [2.24, 2.45) is 0 Å². The van der Waals surface area contributed by atoms with Gasteiger partial charge in [-0.15, -0.1) is 0 Å². The zero-order valence-electron chi connectivity index (χ0n) is 13.2. The molecule has 0 radical (unpaired) electrons. The molecule has 0 saturated carbocycles. The van der Waals surface area contributed by atoms with Crippen LogP contribution < -0.4 is 0 Å². The van der Waals surface area contributed by atoms with Crippen molar-refractivity contribution in [1.82, 2.24) is 0 Å². The molecule has 2 atom stereocenters. The standard InChI is InChI=1S/C13H28NO5P/c1-6-8-10-17-11-9-13(14(3,4)5)12-19-20(15,16)18-7-2/h6,8,13H,7,9-12H2,1-5H3/p+1/b8-6+. The second kappa shape index (κ2) is 9.66. The summed E-state index contributed by atoms with van der Waals surface area (Å²) < 4.78 is 27.3. The van der Waals surface area contributed by atoms with E-state index in [-0.39, 0.29) is 19.3 Å². The summed E-state index contributed by atoms with van der Waals surface area (Å²) in [5, 5.41) is 0. The third-order valence-corrected chi connectivity index (χ3v) is 3.92. The summed E-state index contributed by atoms with van der Waals surface area (Å²) in [7, 11) is 2.12. The predicted molar refractivity (Wildman–Crippen MR) is 79.5 cm³/mol. The molecule has 0 bridgehead atoms. The Balaban J connectivity index is 4.27. The van der Waals surface area contributed by atoms with Gasteiger partial charge in [-0.25, -0.2) is 4.57 Å². The van der Waals surface area contributed by atoms with E-state index >= 15 is 0 Å². The highest BCUT2D eigenvalue weighted by Gasteiger charge is 2.29. The molecule has 20 heavy (non-hydrogen) atoms. The summed E-state index contributed by atoms with van der Waals surface area (Å²) in [5.74, 6) is 0. The van der Waals surface area contributed by atoms with Gasteiger partial charge in [-0.1, -0.05) is 12.2 Å². The van der Waals surface area contributed by atoms with Crippen LogP contribution in [0.25, 0.3) is 0 Å². The van der Waals surface area contributed by atoms with E-state index in [1.807, 2.05) is 40.2 Å². The second-order valence-electron chi connectivity index (χ2n) is 5.38. The summed E-state index contributed by atoms with van der Waals surface area (Å²) in [6.45, 7) is 5.06. The van der Waals surface area contributed by atoms with Crippen LogP contribution in [0.2, 0.25) is 0 Å². The lowest BCUT2D eigenvalue weighted by molar-refractivity contribution is -0.896. The summed E-state index contributed by atoms with van der Waals surface area (Å²) in [6.07, 6.45) is 4.62. The smallest absolute Gasteiger partial charge is 0.377 e. The molecule has 0 heterocycles. The highest BCUT2D eigenvalue weighted by molar-refractivity contribution is 7.47. The first-order valence-electron chi connectivity index (χ1n) is 6.84. The monoisotopic (exact) mass is 310 g/mol. The maximum Gasteiger partial charge on any atom is 0.472 e. The van der Waals surface area contributed by atoms with E-state index in [0.29, 0.717) is 17.7 Å². The van der Waals surface area contributed by atoms with Crippen molar-refractivity contribution in [3.8, 4) is 0 Å². The van der Waals surface area contributed by atoms with Crippen molar-refractivity contribution >= 4 is 7.82 Å². The lowest BCUT2D eigenvalue weighted by Crippen LogP contribution is -2.48. The number of hydrogen-bond acceptors (Lipinski definition) is 4. The minimum atomic E-state index is -3.93. The molecular weight excluding hydrogens is 281 g/mol. The molecule has 0 amide bonds. The minimum Gasteiger partial charge on any atom is -0.377 e. The van der Waals surface area contributed by atoms with Gasteiger partial charge < -0.3 is 14.1 Å². The number of ether oxygens (including phenoxy) is 1. The molecule has 7 heteroatoms. The van der Waals surface area contributed by atoms with Crippen LogP contribution >= 0.6 is 7.82 Å². The molecule has 0 aliphatic carbocycles. The van der Waals surface area contributed by atoms with Crippen LogP contribution in [-0.2, 0) is 18.3 Å². The van der Waals surface area contributed by atoms with Gasteiger partial charge in [0.1, 0.15) is 12.6 Å². The maximum atomic E-state index is 11.5. The van der Waals surface area contributed by atoms with Crippen molar-refractivity contribution < 1.29 is 27.7 Å². The largest absolute Gasteiger partial charge is 0.472 e. The molecule has 0 fully saturated rings. The molecular formula is C13H29NO5P+. The van der Waals surface area contributed by atoms with Crippen molar-refractivity contribution in [2.75, 3.05) is 47.6 Å². The average molecular weight is 310 g/mol. The van der Waals surface area contributed by atoms with Gasteiger partial charge in [-0.05, 0) is 13.8 Å². The van der Waals surface area contributed by atoms with E-state index in [1.165, 1.54) is 0 Å². The highest BCUT2D eigenvalue weighted by atomic mass is 31.2. The van der Waals surface area contributed by atoms with Crippen LogP contribution in [0, 0.1) is 0 Å². The SMILES string of the molecule is C/C=C/COCCC(COP(=O)(O)OCC)[N+](C)(C)C. The summed E-state index contributed by atoms with van der Waals surface area (Å²) >= 11 is 0. The van der Waals surface area contributed by atoms with Crippen LogP contribution in [0.4, 0.5) is 0 Å². The van der Waals surface area contributed by atoms with Gasteiger partial charge >= 0.3 is 7.82 Å². The fourth-order valence-electron chi connectivity index (χ4n) is 1.54. The third kappa shape index (κ3) is 9.64. The normalized spacial score (nSPS) is 17.3. The first kappa shape index (κ1) is 19.8. The first-order valence-corrected chi connectivity index (χ1v) is 8.34. The molecule has 1 N–H and O–H groups in total. The van der Waals surface area contributed by atoms with Gasteiger partial charge in [-0.2, -0.15) is 0 Å². The summed E-state index contributed by atoms with van der Waals surface area (Å²) in [4.78, 5) is 9.43. The maximum absolute atomic E-state index is 11.5. The zero-order chi connectivity index (χ0) is 15.6. The van der Waals surface area contributed by atoms with Gasteiger partial charge in [0.05, 0.1) is 41.0 Å². The lowest BCUT2D eigenvalue weighted by Gasteiger charge is -2.34. The Hall–Kier alpha value is -0.230. The Morgan fingerprint density at radius 3 is 2.45 bits per heavy atom. The van der Waals surface area contributed by atoms with Crippen LogP contribution in [0.15, 0.2) is 12.2 Å². The second-order valence-corrected chi connectivity index (χ2v) is 6.84. The van der Waals surface area contributed by atoms with Gasteiger partial charge in [0, 0.05) is 6.42 Å². The molecule has 0 aromatic rings. The van der Waals surface area contributed by atoms with Crippen LogP contribution in [-0.4, -0.2) is 63.0 Å². The molecule has 0 aromatic carbocycles. The van der Waals surface area contributed by atoms with Gasteiger partial charge in [-0.3, -0.25) is 9.05 Å². The molecule has 0 aliphatic heterocycles. The van der Waals surface area contributed by atoms with E-state index in [4.69, 9.17) is 13.8 Å². The number of phosphoric acid groups is 1. The molecule has 0 rings (SSSR count). The Labute approximate surface area is 122 Å². The minimum absolute atomic E-state index is 0.0570. The number of quaternary nitrogens is 1. The van der Waals surface area contributed by atoms with E-state index in [0.717, 1.165) is 6.42 Å². The predicted octanol–water partition coefficient (Wildman–Crippen LogP) is 2.20. The van der Waals surface area contributed by atoms with Crippen LogP contribution in [0.5, 0.6) is 0 Å². The van der Waals surface area contributed by atoms with E-state index < -0.39 is 7.82 Å². The fourth-order valence-corrected chi connectivity index (χ4v) is 2.30. The molecule has 0 spiro atoms. The van der Waals surface area contributed by atoms with E-state index in [2.05, 4.69) is 0 Å². The third-order valence-electron chi connectivity index (χ3n) is 2.86. The Kier molecular flexibility index (Phi) is 9.55. The quantitative estimate of drug-likeness (QED) is 0.274. The number of likely N-dealkylation sites (N-methyl/N-ethyl adjacent to an activating group) is 1. The van der Waals surface area contributed by atoms with Gasteiger partial charge in [0.15, 0.2) is 0 Å². The van der Waals surface area contributed by atoms with Crippen molar-refractivity contribution in [3.05, 3.63) is 12.2 Å². The number of allylic oxidation sites excluding steroid dienone is 1. The van der Waals surface area contributed by atoms with E-state index in [9.17, 15) is 9.46 Å².